The average Bonchev–Trinajstić information content (AvgIpc) is 4.16. The van der Waals surface area contributed by atoms with Crippen LogP contribution in [0.2, 0.25) is 0 Å². The van der Waals surface area contributed by atoms with Gasteiger partial charge in [0.15, 0.2) is 11.2 Å². The van der Waals surface area contributed by atoms with Gasteiger partial charge in [0, 0.05) is 16.2 Å². The lowest BCUT2D eigenvalue weighted by molar-refractivity contribution is -0.301. The van der Waals surface area contributed by atoms with Crippen molar-refractivity contribution in [1.82, 2.24) is 19.6 Å². The number of nitriles is 1. The molecule has 2 saturated carbocycles. The van der Waals surface area contributed by atoms with E-state index in [1.165, 1.54) is 24.3 Å². The van der Waals surface area contributed by atoms with Crippen LogP contribution in [0.4, 0.5) is 35.1 Å². The molecular weight excluding hydrogens is 1010 g/mol. The second-order valence-corrected chi connectivity index (χ2v) is 21.7. The van der Waals surface area contributed by atoms with Crippen LogP contribution in [0.15, 0.2) is 146 Å². The van der Waals surface area contributed by atoms with E-state index in [4.69, 9.17) is 9.47 Å². The van der Waals surface area contributed by atoms with Crippen LogP contribution in [-0.2, 0) is 46.4 Å². The predicted molar refractivity (Wildman–Crippen MR) is 279 cm³/mol. The highest BCUT2D eigenvalue weighted by Gasteiger charge is 2.64. The van der Waals surface area contributed by atoms with Crippen LogP contribution >= 0.6 is 0 Å². The van der Waals surface area contributed by atoms with Crippen LogP contribution in [0.5, 0.6) is 0 Å². The van der Waals surface area contributed by atoms with Gasteiger partial charge in [-0.05, 0) is 195 Å². The summed E-state index contributed by atoms with van der Waals surface area (Å²) in [5.41, 5.74) is 1.79. The Bertz CT molecular complexity index is 3470. The Labute approximate surface area is 446 Å². The number of rotatable bonds is 9. The van der Waals surface area contributed by atoms with Crippen molar-refractivity contribution >= 4 is 21.8 Å². The van der Waals surface area contributed by atoms with Crippen molar-refractivity contribution in [3.05, 3.63) is 191 Å². The first-order chi connectivity index (χ1) is 37.5. The number of hydrogen-bond acceptors (Lipinski definition) is 6. The van der Waals surface area contributed by atoms with Crippen molar-refractivity contribution in [2.24, 2.45) is 11.8 Å². The molecule has 8 aromatic rings. The zero-order chi connectivity index (χ0) is 54.5. The van der Waals surface area contributed by atoms with Gasteiger partial charge in [0.2, 0.25) is 0 Å². The van der Waals surface area contributed by atoms with E-state index < -0.39 is 40.3 Å². The fourth-order valence-electron chi connectivity index (χ4n) is 13.3. The predicted octanol–water partition coefficient (Wildman–Crippen LogP) is 14.6. The minimum Gasteiger partial charge on any atom is -0.395 e. The second-order valence-electron chi connectivity index (χ2n) is 21.7. The molecule has 78 heavy (non-hydrogen) atoms. The highest BCUT2D eigenvalue weighted by molar-refractivity contribution is 5.84. The molecule has 0 aliphatic heterocycles. The molecule has 404 valence electrons. The maximum Gasteiger partial charge on any atom is 0.417 e. The molecule has 12 rings (SSSR count). The lowest BCUT2D eigenvalue weighted by Gasteiger charge is -2.51. The monoisotopic (exact) mass is 1070 g/mol. The molecule has 0 amide bonds. The first-order valence-electron chi connectivity index (χ1n) is 26.5. The van der Waals surface area contributed by atoms with Gasteiger partial charge < -0.3 is 14.6 Å². The Balaban J connectivity index is 0.000000165. The third-order valence-corrected chi connectivity index (χ3v) is 17.5. The Hall–Kier alpha value is -6.93. The standard InChI is InChI=1S/C31H27F4N3O.C31H30F4N2O2/c32-25-9-11-26(12-10-25)38-28-16-22-7-4-8-24-17-30(31(33,34)35,39-19-21-5-2-1-3-6-21)14-13-29(24,20-36)27(22)15-23(28)18-37-38;32-25-9-11-26(12-10-25)37-28-16-22-7-4-8-24-17-30(31(33,34)35,39-19-21-5-2-1-3-6-21)14-13-29(24,20-38)27(22)15-23(28)18-36-37/h1-3,5-6,9-12,15-16,18,24H,4,7-8,13-14,17,19H2;1-3,5-6,9-12,15-16,18,24,38H,4,7-8,13-14,17,19-20H2/t2*24-,29+,30-/m11/s1. The van der Waals surface area contributed by atoms with Crippen molar-refractivity contribution in [1.29, 1.82) is 5.26 Å². The van der Waals surface area contributed by atoms with E-state index in [1.54, 1.807) is 94.6 Å². The molecule has 2 fully saturated rings. The number of fused-ring (bicyclic) bond motifs is 8. The molecule has 0 radical (unpaired) electrons. The first kappa shape index (κ1) is 53.1. The molecule has 6 aromatic carbocycles. The van der Waals surface area contributed by atoms with Gasteiger partial charge in [-0.15, -0.1) is 0 Å². The number of halogens is 8. The fraction of sp³-hybridized carbons (Fsp3) is 0.371. The van der Waals surface area contributed by atoms with Crippen molar-refractivity contribution in [3.63, 3.8) is 0 Å². The van der Waals surface area contributed by atoms with Gasteiger partial charge in [0.25, 0.3) is 0 Å². The molecule has 4 aliphatic carbocycles. The Morgan fingerprint density at radius 3 is 1.50 bits per heavy atom. The number of aliphatic hydroxyl groups is 1. The molecule has 1 N–H and O–H groups in total. The third-order valence-electron chi connectivity index (χ3n) is 17.5. The molecule has 2 heterocycles. The van der Waals surface area contributed by atoms with E-state index in [1.807, 2.05) is 36.4 Å². The smallest absolute Gasteiger partial charge is 0.395 e. The topological polar surface area (TPSA) is 98.1 Å². The van der Waals surface area contributed by atoms with E-state index in [9.17, 15) is 45.5 Å². The van der Waals surface area contributed by atoms with E-state index in [2.05, 4.69) is 16.3 Å². The third kappa shape index (κ3) is 9.55. The van der Waals surface area contributed by atoms with E-state index >= 15 is 0 Å². The quantitative estimate of drug-likeness (QED) is 0.145. The van der Waals surface area contributed by atoms with Gasteiger partial charge in [0.1, 0.15) is 11.6 Å². The highest BCUT2D eigenvalue weighted by Crippen LogP contribution is 2.59. The van der Waals surface area contributed by atoms with Crippen LogP contribution < -0.4 is 0 Å². The molecule has 16 heteroatoms. The molecular formula is C62H57F8N5O3. The minimum atomic E-state index is -4.56. The zero-order valence-electron chi connectivity index (χ0n) is 42.6. The summed E-state index contributed by atoms with van der Waals surface area (Å²) >= 11 is 0. The molecule has 6 atom stereocenters. The number of hydrogen-bond donors (Lipinski definition) is 1. The lowest BCUT2D eigenvalue weighted by atomic mass is 9.58. The number of ether oxygens (including phenoxy) is 2. The number of alkyl halides is 6. The molecule has 8 nitrogen and oxygen atoms in total. The molecule has 0 spiro atoms. The summed E-state index contributed by atoms with van der Waals surface area (Å²) in [5, 5.41) is 32.0. The summed E-state index contributed by atoms with van der Waals surface area (Å²) in [6.07, 6.45) is -2.55. The normalized spacial score (nSPS) is 25.1. The van der Waals surface area contributed by atoms with Gasteiger partial charge in [-0.1, -0.05) is 60.7 Å². The summed E-state index contributed by atoms with van der Waals surface area (Å²) in [5.74, 6) is -1.56. The van der Waals surface area contributed by atoms with E-state index in [-0.39, 0.29) is 75.9 Å². The van der Waals surface area contributed by atoms with Gasteiger partial charge in [-0.3, -0.25) is 0 Å². The van der Waals surface area contributed by atoms with Crippen LogP contribution in [0.25, 0.3) is 33.2 Å². The molecule has 4 aliphatic rings. The number of aromatic nitrogens is 4. The maximum absolute atomic E-state index is 14.7. The Kier molecular flexibility index (Phi) is 14.1. The summed E-state index contributed by atoms with van der Waals surface area (Å²) in [7, 11) is 0. The summed E-state index contributed by atoms with van der Waals surface area (Å²) in [6, 6.07) is 40.4. The van der Waals surface area contributed by atoms with Crippen LogP contribution in [0, 0.1) is 34.8 Å². The highest BCUT2D eigenvalue weighted by atomic mass is 19.4. The minimum absolute atomic E-state index is 0.0626. The number of aliphatic hydroxyl groups excluding tert-OH is 1. The van der Waals surface area contributed by atoms with Crippen LogP contribution in [0.3, 0.4) is 0 Å². The number of nitrogens with zero attached hydrogens (tertiary/aromatic N) is 5. The zero-order valence-corrected chi connectivity index (χ0v) is 42.6. The molecule has 0 saturated heterocycles. The van der Waals surface area contributed by atoms with Crippen LogP contribution in [0.1, 0.15) is 97.6 Å². The van der Waals surface area contributed by atoms with Gasteiger partial charge in [-0.25, -0.2) is 18.1 Å². The fourth-order valence-corrected chi connectivity index (χ4v) is 13.3. The average molecular weight is 1070 g/mol. The first-order valence-corrected chi connectivity index (χ1v) is 26.5. The molecule has 0 unspecified atom stereocenters. The molecule has 0 bridgehead atoms. The maximum atomic E-state index is 14.7. The Morgan fingerprint density at radius 1 is 0.577 bits per heavy atom. The number of benzene rings is 6. The van der Waals surface area contributed by atoms with Crippen molar-refractivity contribution in [2.45, 2.75) is 125 Å². The summed E-state index contributed by atoms with van der Waals surface area (Å²) in [4.78, 5) is 0. The lowest BCUT2D eigenvalue weighted by Crippen LogP contribution is -2.57. The largest absolute Gasteiger partial charge is 0.417 e. The summed E-state index contributed by atoms with van der Waals surface area (Å²) < 4.78 is 130. The summed E-state index contributed by atoms with van der Waals surface area (Å²) in [6.45, 7) is -0.472. The Morgan fingerprint density at radius 2 is 1.03 bits per heavy atom. The second kappa shape index (κ2) is 20.7. The van der Waals surface area contributed by atoms with E-state index in [0.29, 0.717) is 55.3 Å². The number of aryl methyl sites for hydroxylation is 2. The van der Waals surface area contributed by atoms with Gasteiger partial charge >= 0.3 is 12.4 Å². The van der Waals surface area contributed by atoms with Gasteiger partial charge in [0.05, 0.1) is 66.1 Å². The van der Waals surface area contributed by atoms with Gasteiger partial charge in [-0.2, -0.15) is 41.8 Å². The van der Waals surface area contributed by atoms with Crippen molar-refractivity contribution < 1.29 is 49.7 Å². The molecule has 2 aromatic heterocycles. The van der Waals surface area contributed by atoms with Crippen molar-refractivity contribution in [3.8, 4) is 17.4 Å². The van der Waals surface area contributed by atoms with E-state index in [0.717, 1.165) is 49.7 Å². The van der Waals surface area contributed by atoms with Crippen molar-refractivity contribution in [2.75, 3.05) is 6.61 Å². The SMILES string of the molecule is N#C[C@@]12CC[C@](OCc3ccccc3)(C(F)(F)F)C[C@H]1CCCc1cc3c(cnn3-c3ccc(F)cc3)cc12.OC[C@@]12CC[C@](OCc3ccccc3)(C(F)(F)F)C[C@H]1CCCc1cc3c(cnn3-c3ccc(F)cc3)cc12. The van der Waals surface area contributed by atoms with Crippen LogP contribution in [-0.4, -0.2) is 54.8 Å².